The minimum absolute atomic E-state index is 0.300. The number of nitrogens with zero attached hydrogens (tertiary/aromatic N) is 3. The van der Waals surface area contributed by atoms with Crippen LogP contribution in [-0.2, 0) is 25.2 Å². The van der Waals surface area contributed by atoms with Crippen LogP contribution in [0.25, 0.3) is 10.4 Å². The average Bonchev–Trinajstić information content (AvgIpc) is 2.76. The third-order valence-electron chi connectivity index (χ3n) is 6.32. The standard InChI is InChI=1S/C24H39N3O4Si/c1-8-14-28-21-16-30-24(29-15-20-12-10-9-11-13-20)22(26-27-25)23(21)31-32(17(2)3,18(4)5)19(6)7/h8-13,17-19,21-24H,1,14-16H2,2-7H3/t21-,22-,23+,24-/m1/s1. The van der Waals surface area contributed by atoms with Crippen molar-refractivity contribution in [2.24, 2.45) is 5.11 Å². The number of hydrogen-bond donors (Lipinski definition) is 0. The van der Waals surface area contributed by atoms with E-state index in [1.54, 1.807) is 6.08 Å². The van der Waals surface area contributed by atoms with Crippen LogP contribution in [0.15, 0.2) is 48.1 Å². The molecular weight excluding hydrogens is 422 g/mol. The third-order valence-corrected chi connectivity index (χ3v) is 12.4. The molecule has 0 unspecified atom stereocenters. The van der Waals surface area contributed by atoms with E-state index in [2.05, 4.69) is 58.1 Å². The van der Waals surface area contributed by atoms with Gasteiger partial charge in [-0.05, 0) is 27.7 Å². The van der Waals surface area contributed by atoms with Crippen LogP contribution < -0.4 is 0 Å². The molecule has 178 valence electrons. The fraction of sp³-hybridized carbons (Fsp3) is 0.667. The molecule has 1 aromatic carbocycles. The van der Waals surface area contributed by atoms with Gasteiger partial charge in [0.2, 0.25) is 8.32 Å². The Morgan fingerprint density at radius 3 is 2.28 bits per heavy atom. The number of rotatable bonds is 12. The second-order valence-electron chi connectivity index (χ2n) is 9.25. The number of ether oxygens (including phenoxy) is 3. The second kappa shape index (κ2) is 12.5. The molecule has 1 fully saturated rings. The van der Waals surface area contributed by atoms with Gasteiger partial charge in [-0.3, -0.25) is 0 Å². The van der Waals surface area contributed by atoms with Crippen LogP contribution in [0, 0.1) is 0 Å². The predicted octanol–water partition coefficient (Wildman–Crippen LogP) is 6.37. The van der Waals surface area contributed by atoms with Crippen molar-refractivity contribution in [2.75, 3.05) is 13.2 Å². The van der Waals surface area contributed by atoms with Gasteiger partial charge in [-0.15, -0.1) is 6.58 Å². The Bertz CT molecular complexity index is 731. The van der Waals surface area contributed by atoms with Crippen molar-refractivity contribution in [1.82, 2.24) is 0 Å². The van der Waals surface area contributed by atoms with Gasteiger partial charge < -0.3 is 18.6 Å². The van der Waals surface area contributed by atoms with Gasteiger partial charge in [-0.2, -0.15) is 0 Å². The van der Waals surface area contributed by atoms with E-state index in [0.717, 1.165) is 5.56 Å². The van der Waals surface area contributed by atoms with Crippen molar-refractivity contribution in [3.8, 4) is 0 Å². The highest BCUT2D eigenvalue weighted by atomic mass is 28.4. The van der Waals surface area contributed by atoms with E-state index in [9.17, 15) is 5.53 Å². The van der Waals surface area contributed by atoms with Gasteiger partial charge >= 0.3 is 0 Å². The lowest BCUT2D eigenvalue weighted by atomic mass is 10.0. The summed E-state index contributed by atoms with van der Waals surface area (Å²) in [7, 11) is -2.28. The molecule has 1 aliphatic rings. The molecule has 0 N–H and O–H groups in total. The summed E-state index contributed by atoms with van der Waals surface area (Å²) in [5.41, 5.74) is 11.5. The summed E-state index contributed by atoms with van der Waals surface area (Å²) in [4.78, 5) is 3.12. The van der Waals surface area contributed by atoms with Crippen LogP contribution in [0.4, 0.5) is 0 Å². The molecule has 1 aromatic rings. The SMILES string of the molecule is C=CCO[C@@H]1CO[C@@H](OCc2ccccc2)[C@H](N=[N+]=[N-])[C@H]1O[Si](C(C)C)(C(C)C)C(C)C. The van der Waals surface area contributed by atoms with Crippen molar-refractivity contribution in [3.05, 3.63) is 59.0 Å². The molecule has 1 saturated heterocycles. The summed E-state index contributed by atoms with van der Waals surface area (Å²) in [6, 6.07) is 9.21. The lowest BCUT2D eigenvalue weighted by Crippen LogP contribution is -2.61. The lowest BCUT2D eigenvalue weighted by molar-refractivity contribution is -0.235. The van der Waals surface area contributed by atoms with E-state index in [4.69, 9.17) is 18.6 Å². The Morgan fingerprint density at radius 1 is 1.12 bits per heavy atom. The first-order chi connectivity index (χ1) is 15.3. The van der Waals surface area contributed by atoms with Crippen molar-refractivity contribution in [2.45, 2.75) is 89.3 Å². The summed E-state index contributed by atoms with van der Waals surface area (Å²) in [5, 5.41) is 4.10. The number of benzene rings is 1. The normalized spacial score (nSPS) is 24.0. The van der Waals surface area contributed by atoms with Gasteiger partial charge in [0.25, 0.3) is 0 Å². The van der Waals surface area contributed by atoms with Crippen LogP contribution in [-0.4, -0.2) is 46.1 Å². The maximum absolute atomic E-state index is 9.37. The first-order valence-electron chi connectivity index (χ1n) is 11.5. The van der Waals surface area contributed by atoms with Gasteiger partial charge in [0, 0.05) is 4.91 Å². The number of hydrogen-bond acceptors (Lipinski definition) is 5. The third kappa shape index (κ3) is 6.22. The molecule has 0 bridgehead atoms. The van der Waals surface area contributed by atoms with E-state index in [0.29, 0.717) is 36.4 Å². The molecule has 0 saturated carbocycles. The Labute approximate surface area is 193 Å². The molecule has 0 amide bonds. The quantitative estimate of drug-likeness (QED) is 0.119. The van der Waals surface area contributed by atoms with E-state index in [-0.39, 0.29) is 6.10 Å². The van der Waals surface area contributed by atoms with Crippen LogP contribution in [0.2, 0.25) is 16.6 Å². The molecule has 0 aliphatic carbocycles. The molecule has 0 radical (unpaired) electrons. The van der Waals surface area contributed by atoms with E-state index < -0.39 is 26.8 Å². The van der Waals surface area contributed by atoms with Crippen molar-refractivity contribution >= 4 is 8.32 Å². The molecule has 0 spiro atoms. The summed E-state index contributed by atoms with van der Waals surface area (Å²) in [5.74, 6) is 0. The molecule has 32 heavy (non-hydrogen) atoms. The van der Waals surface area contributed by atoms with Crippen LogP contribution in [0.1, 0.15) is 47.1 Å². The lowest BCUT2D eigenvalue weighted by Gasteiger charge is -2.49. The molecule has 0 aromatic heterocycles. The van der Waals surface area contributed by atoms with Gasteiger partial charge in [0.05, 0.1) is 25.9 Å². The van der Waals surface area contributed by atoms with Crippen LogP contribution in [0.3, 0.4) is 0 Å². The Kier molecular flexibility index (Phi) is 10.4. The topological polar surface area (TPSA) is 85.7 Å². The highest BCUT2D eigenvalue weighted by Gasteiger charge is 2.52. The van der Waals surface area contributed by atoms with Gasteiger partial charge in [0.15, 0.2) is 6.29 Å². The first kappa shape index (κ1) is 26.6. The monoisotopic (exact) mass is 461 g/mol. The number of azide groups is 1. The minimum Gasteiger partial charge on any atom is -0.410 e. The summed E-state index contributed by atoms with van der Waals surface area (Å²) < 4.78 is 25.2. The second-order valence-corrected chi connectivity index (χ2v) is 14.7. The Morgan fingerprint density at radius 2 is 1.75 bits per heavy atom. The average molecular weight is 462 g/mol. The van der Waals surface area contributed by atoms with E-state index >= 15 is 0 Å². The van der Waals surface area contributed by atoms with E-state index in [1.165, 1.54) is 0 Å². The van der Waals surface area contributed by atoms with Crippen molar-refractivity contribution in [3.63, 3.8) is 0 Å². The fourth-order valence-electron chi connectivity index (χ4n) is 4.96. The fourth-order valence-corrected chi connectivity index (χ4v) is 10.5. The summed E-state index contributed by atoms with van der Waals surface area (Å²) in [6.45, 7) is 18.2. The molecule has 8 heteroatoms. The van der Waals surface area contributed by atoms with Crippen LogP contribution in [0.5, 0.6) is 0 Å². The highest BCUT2D eigenvalue weighted by molar-refractivity contribution is 6.77. The van der Waals surface area contributed by atoms with Crippen molar-refractivity contribution < 1.29 is 18.6 Å². The molecule has 4 atom stereocenters. The predicted molar refractivity (Wildman–Crippen MR) is 130 cm³/mol. The highest BCUT2D eigenvalue weighted by Crippen LogP contribution is 2.44. The zero-order valence-electron chi connectivity index (χ0n) is 20.3. The van der Waals surface area contributed by atoms with Gasteiger partial charge in [-0.25, -0.2) is 0 Å². The molecule has 7 nitrogen and oxygen atoms in total. The first-order valence-corrected chi connectivity index (χ1v) is 13.6. The Balaban J connectivity index is 2.37. The molecule has 2 rings (SSSR count). The summed E-state index contributed by atoms with van der Waals surface area (Å²) >= 11 is 0. The maximum Gasteiger partial charge on any atom is 0.200 e. The van der Waals surface area contributed by atoms with Gasteiger partial charge in [-0.1, -0.05) is 83.1 Å². The van der Waals surface area contributed by atoms with Crippen LogP contribution >= 0.6 is 0 Å². The van der Waals surface area contributed by atoms with Crippen molar-refractivity contribution in [1.29, 1.82) is 0 Å². The molecular formula is C24H39N3O4Si. The zero-order valence-corrected chi connectivity index (χ0v) is 21.3. The minimum atomic E-state index is -2.28. The Hall–Kier alpha value is -1.67. The summed E-state index contributed by atoms with van der Waals surface area (Å²) in [6.07, 6.45) is 0.163. The van der Waals surface area contributed by atoms with Gasteiger partial charge in [0.1, 0.15) is 12.1 Å². The van der Waals surface area contributed by atoms with E-state index in [1.807, 2.05) is 30.3 Å². The zero-order chi connectivity index (χ0) is 23.7. The maximum atomic E-state index is 9.37. The largest absolute Gasteiger partial charge is 0.410 e. The molecule has 1 heterocycles. The smallest absolute Gasteiger partial charge is 0.200 e. The molecule has 1 aliphatic heterocycles.